The van der Waals surface area contributed by atoms with E-state index >= 15 is 0 Å². The second kappa shape index (κ2) is 5.95. The minimum atomic E-state index is -0.0123. The fraction of sp³-hybridized carbons (Fsp3) is 0.588. The molecule has 0 amide bonds. The average molecular weight is 269 g/mol. The van der Waals surface area contributed by atoms with Gasteiger partial charge in [-0.1, -0.05) is 36.8 Å². The van der Waals surface area contributed by atoms with Gasteiger partial charge in [0.2, 0.25) is 0 Å². The lowest BCUT2D eigenvalue weighted by atomic mass is 9.69. The van der Waals surface area contributed by atoms with Crippen molar-refractivity contribution in [1.29, 1.82) is 5.26 Å². The summed E-state index contributed by atoms with van der Waals surface area (Å²) in [5.74, 6) is 0. The zero-order chi connectivity index (χ0) is 13.8. The predicted molar refractivity (Wildman–Crippen MR) is 80.1 cm³/mol. The van der Waals surface area contributed by atoms with Crippen LogP contribution in [0, 0.1) is 16.7 Å². The van der Waals surface area contributed by atoms with Crippen molar-refractivity contribution in [1.82, 2.24) is 9.80 Å². The number of piperazine rings is 1. The Labute approximate surface area is 121 Å². The van der Waals surface area contributed by atoms with E-state index in [0.717, 1.165) is 52.1 Å². The van der Waals surface area contributed by atoms with Gasteiger partial charge in [-0.3, -0.25) is 9.80 Å². The van der Waals surface area contributed by atoms with Gasteiger partial charge in [-0.2, -0.15) is 5.26 Å². The summed E-state index contributed by atoms with van der Waals surface area (Å²) in [5.41, 5.74) is 1.38. The van der Waals surface area contributed by atoms with Crippen LogP contribution in [0.3, 0.4) is 0 Å². The fourth-order valence-corrected chi connectivity index (χ4v) is 3.28. The van der Waals surface area contributed by atoms with Gasteiger partial charge in [0.1, 0.15) is 0 Å². The summed E-state index contributed by atoms with van der Waals surface area (Å²) >= 11 is 0. The van der Waals surface area contributed by atoms with Crippen LogP contribution in [-0.2, 0) is 6.54 Å². The molecule has 1 aromatic rings. The number of nitrogens with zero attached hydrogens (tertiary/aromatic N) is 3. The van der Waals surface area contributed by atoms with Crippen molar-refractivity contribution in [2.24, 2.45) is 5.41 Å². The summed E-state index contributed by atoms with van der Waals surface area (Å²) in [6.45, 7) is 6.50. The molecule has 106 valence electrons. The Balaban J connectivity index is 1.46. The Hall–Kier alpha value is -1.37. The summed E-state index contributed by atoms with van der Waals surface area (Å²) in [6.07, 6.45) is 3.45. The van der Waals surface area contributed by atoms with Crippen LogP contribution < -0.4 is 0 Å². The van der Waals surface area contributed by atoms with Crippen molar-refractivity contribution < 1.29 is 0 Å². The molecule has 1 aromatic carbocycles. The Morgan fingerprint density at radius 3 is 2.20 bits per heavy atom. The predicted octanol–water partition coefficient (Wildman–Crippen LogP) is 2.50. The largest absolute Gasteiger partial charge is 0.299 e. The molecule has 0 radical (unpaired) electrons. The summed E-state index contributed by atoms with van der Waals surface area (Å²) < 4.78 is 0. The normalized spacial score (nSPS) is 22.9. The van der Waals surface area contributed by atoms with Crippen molar-refractivity contribution in [2.45, 2.75) is 25.8 Å². The molecule has 0 unspecified atom stereocenters. The molecular formula is C17H23N3. The summed E-state index contributed by atoms with van der Waals surface area (Å²) in [7, 11) is 0. The van der Waals surface area contributed by atoms with Gasteiger partial charge < -0.3 is 0 Å². The zero-order valence-electron chi connectivity index (χ0n) is 12.1. The number of nitriles is 1. The molecule has 1 heterocycles. The van der Waals surface area contributed by atoms with Crippen LogP contribution in [-0.4, -0.2) is 42.5 Å². The van der Waals surface area contributed by atoms with Crippen LogP contribution in [0.4, 0.5) is 0 Å². The standard InChI is InChI=1S/C17H23N3/c18-14-17(7-4-8-17)15-20-11-9-19(10-12-20)13-16-5-2-1-3-6-16/h1-3,5-6H,4,7-13,15H2. The van der Waals surface area contributed by atoms with Crippen LogP contribution in [0.25, 0.3) is 0 Å². The topological polar surface area (TPSA) is 30.3 Å². The third kappa shape index (κ3) is 3.03. The van der Waals surface area contributed by atoms with E-state index in [-0.39, 0.29) is 5.41 Å². The van der Waals surface area contributed by atoms with Gasteiger partial charge in [-0.05, 0) is 18.4 Å². The highest BCUT2D eigenvalue weighted by Gasteiger charge is 2.39. The molecule has 1 saturated carbocycles. The van der Waals surface area contributed by atoms with Crippen molar-refractivity contribution in [3.63, 3.8) is 0 Å². The lowest BCUT2D eigenvalue weighted by molar-refractivity contribution is 0.0693. The van der Waals surface area contributed by atoms with E-state index in [4.69, 9.17) is 0 Å². The lowest BCUT2D eigenvalue weighted by Crippen LogP contribution is -2.50. The molecule has 0 bridgehead atoms. The number of hydrogen-bond donors (Lipinski definition) is 0. The maximum absolute atomic E-state index is 9.33. The Bertz CT molecular complexity index is 465. The van der Waals surface area contributed by atoms with E-state index in [2.05, 4.69) is 46.2 Å². The Morgan fingerprint density at radius 2 is 1.65 bits per heavy atom. The zero-order valence-corrected chi connectivity index (χ0v) is 12.1. The number of hydrogen-bond acceptors (Lipinski definition) is 3. The second-order valence-electron chi connectivity index (χ2n) is 6.28. The van der Waals surface area contributed by atoms with Gasteiger partial charge in [0, 0.05) is 39.3 Å². The van der Waals surface area contributed by atoms with Crippen LogP contribution in [0.2, 0.25) is 0 Å². The maximum atomic E-state index is 9.33. The third-order valence-corrected chi connectivity index (χ3v) is 4.79. The third-order valence-electron chi connectivity index (χ3n) is 4.79. The Morgan fingerprint density at radius 1 is 1.00 bits per heavy atom. The SMILES string of the molecule is N#CC1(CN2CCN(Cc3ccccc3)CC2)CCC1. The van der Waals surface area contributed by atoms with Crippen molar-refractivity contribution >= 4 is 0 Å². The molecule has 1 aliphatic heterocycles. The molecule has 1 aliphatic carbocycles. The monoisotopic (exact) mass is 269 g/mol. The van der Waals surface area contributed by atoms with E-state index in [1.165, 1.54) is 12.0 Å². The van der Waals surface area contributed by atoms with Gasteiger partial charge in [0.05, 0.1) is 11.5 Å². The Kier molecular flexibility index (Phi) is 4.05. The van der Waals surface area contributed by atoms with Gasteiger partial charge in [-0.25, -0.2) is 0 Å². The highest BCUT2D eigenvalue weighted by molar-refractivity contribution is 5.14. The first-order valence-corrected chi connectivity index (χ1v) is 7.70. The minimum Gasteiger partial charge on any atom is -0.299 e. The summed E-state index contributed by atoms with van der Waals surface area (Å²) in [6, 6.07) is 13.2. The van der Waals surface area contributed by atoms with Gasteiger partial charge in [0.25, 0.3) is 0 Å². The van der Waals surface area contributed by atoms with Crippen LogP contribution in [0.1, 0.15) is 24.8 Å². The van der Waals surface area contributed by atoms with Crippen LogP contribution >= 0.6 is 0 Å². The van der Waals surface area contributed by atoms with Crippen molar-refractivity contribution in [3.05, 3.63) is 35.9 Å². The van der Waals surface area contributed by atoms with Gasteiger partial charge >= 0.3 is 0 Å². The number of rotatable bonds is 4. The molecule has 1 saturated heterocycles. The molecule has 0 N–H and O–H groups in total. The highest BCUT2D eigenvalue weighted by Crippen LogP contribution is 2.40. The molecule has 3 heteroatoms. The first kappa shape index (κ1) is 13.6. The molecular weight excluding hydrogens is 246 g/mol. The second-order valence-corrected chi connectivity index (χ2v) is 6.28. The van der Waals surface area contributed by atoms with E-state index in [1.54, 1.807) is 0 Å². The first-order chi connectivity index (χ1) is 9.80. The van der Waals surface area contributed by atoms with E-state index in [9.17, 15) is 5.26 Å². The maximum Gasteiger partial charge on any atom is 0.0703 e. The molecule has 0 aromatic heterocycles. The molecule has 2 fully saturated rings. The summed E-state index contributed by atoms with van der Waals surface area (Å²) in [4.78, 5) is 5.01. The molecule has 3 rings (SSSR count). The van der Waals surface area contributed by atoms with Gasteiger partial charge in [0.15, 0.2) is 0 Å². The van der Waals surface area contributed by atoms with Crippen LogP contribution in [0.5, 0.6) is 0 Å². The van der Waals surface area contributed by atoms with Gasteiger partial charge in [-0.15, -0.1) is 0 Å². The molecule has 20 heavy (non-hydrogen) atoms. The van der Waals surface area contributed by atoms with Crippen molar-refractivity contribution in [3.8, 4) is 6.07 Å². The molecule has 3 nitrogen and oxygen atoms in total. The van der Waals surface area contributed by atoms with Crippen molar-refractivity contribution in [2.75, 3.05) is 32.7 Å². The fourth-order valence-electron chi connectivity index (χ4n) is 3.28. The summed E-state index contributed by atoms with van der Waals surface area (Å²) in [5, 5.41) is 9.33. The number of benzene rings is 1. The average Bonchev–Trinajstić information content (AvgIpc) is 2.46. The molecule has 2 aliphatic rings. The smallest absolute Gasteiger partial charge is 0.0703 e. The lowest BCUT2D eigenvalue weighted by Gasteiger charge is -2.42. The quantitative estimate of drug-likeness (QED) is 0.841. The molecule has 0 spiro atoms. The highest BCUT2D eigenvalue weighted by atomic mass is 15.3. The van der Waals surface area contributed by atoms with Crippen LogP contribution in [0.15, 0.2) is 30.3 Å². The van der Waals surface area contributed by atoms with E-state index < -0.39 is 0 Å². The van der Waals surface area contributed by atoms with E-state index in [1.807, 2.05) is 0 Å². The first-order valence-electron chi connectivity index (χ1n) is 7.70. The minimum absolute atomic E-state index is 0.0123. The van der Waals surface area contributed by atoms with E-state index in [0.29, 0.717) is 0 Å². The molecule has 0 atom stereocenters.